The molecule has 1 fully saturated rings. The van der Waals surface area contributed by atoms with Gasteiger partial charge in [-0.2, -0.15) is 0 Å². The van der Waals surface area contributed by atoms with Gasteiger partial charge in [0.25, 0.3) is 0 Å². The molecule has 0 aromatic heterocycles. The molecular formula is C19H23NO. The molecule has 0 bridgehead atoms. The van der Waals surface area contributed by atoms with Crippen LogP contribution < -0.4 is 5.73 Å². The van der Waals surface area contributed by atoms with Crippen LogP contribution >= 0.6 is 0 Å². The molecule has 0 radical (unpaired) electrons. The number of rotatable bonds is 5. The Labute approximate surface area is 126 Å². The van der Waals surface area contributed by atoms with Crippen molar-refractivity contribution in [2.24, 2.45) is 11.1 Å². The molecular weight excluding hydrogens is 258 g/mol. The molecule has 3 rings (SSSR count). The first-order valence-corrected chi connectivity index (χ1v) is 7.75. The van der Waals surface area contributed by atoms with Crippen LogP contribution in [0.25, 0.3) is 0 Å². The van der Waals surface area contributed by atoms with Crippen LogP contribution in [0, 0.1) is 5.41 Å². The van der Waals surface area contributed by atoms with Gasteiger partial charge in [-0.25, -0.2) is 0 Å². The van der Waals surface area contributed by atoms with E-state index in [2.05, 4.69) is 24.3 Å². The lowest BCUT2D eigenvalue weighted by atomic mass is 9.60. The zero-order chi connectivity index (χ0) is 14.7. The van der Waals surface area contributed by atoms with Gasteiger partial charge in [-0.05, 0) is 24.0 Å². The van der Waals surface area contributed by atoms with Crippen LogP contribution in [0.2, 0.25) is 0 Å². The Kier molecular flexibility index (Phi) is 4.09. The highest BCUT2D eigenvalue weighted by atomic mass is 16.3. The topological polar surface area (TPSA) is 46.2 Å². The van der Waals surface area contributed by atoms with Crippen molar-refractivity contribution in [2.75, 3.05) is 6.54 Å². The number of benzene rings is 2. The third-order valence-electron chi connectivity index (χ3n) is 5.02. The molecule has 2 heteroatoms. The minimum atomic E-state index is -0.430. The highest BCUT2D eigenvalue weighted by Crippen LogP contribution is 2.48. The predicted octanol–water partition coefficient (Wildman–Crippen LogP) is 3.31. The molecule has 3 N–H and O–H groups in total. The van der Waals surface area contributed by atoms with Crippen molar-refractivity contribution in [3.8, 4) is 0 Å². The Bertz CT molecular complexity index is 518. The predicted molar refractivity (Wildman–Crippen MR) is 86.1 cm³/mol. The Morgan fingerprint density at radius 3 is 1.71 bits per heavy atom. The molecule has 0 saturated heterocycles. The van der Waals surface area contributed by atoms with E-state index in [-0.39, 0.29) is 11.3 Å². The summed E-state index contributed by atoms with van der Waals surface area (Å²) < 4.78 is 0. The molecule has 2 nitrogen and oxygen atoms in total. The van der Waals surface area contributed by atoms with E-state index in [1.165, 1.54) is 6.42 Å². The van der Waals surface area contributed by atoms with Crippen molar-refractivity contribution in [3.63, 3.8) is 0 Å². The van der Waals surface area contributed by atoms with Crippen LogP contribution in [0.5, 0.6) is 0 Å². The molecule has 2 aromatic carbocycles. The first-order valence-electron chi connectivity index (χ1n) is 7.75. The van der Waals surface area contributed by atoms with E-state index < -0.39 is 6.10 Å². The Morgan fingerprint density at radius 2 is 1.38 bits per heavy atom. The molecule has 1 saturated carbocycles. The monoisotopic (exact) mass is 281 g/mol. The van der Waals surface area contributed by atoms with Crippen LogP contribution in [-0.2, 0) is 0 Å². The fourth-order valence-electron chi connectivity index (χ4n) is 3.48. The maximum absolute atomic E-state index is 11.1. The van der Waals surface area contributed by atoms with Crippen molar-refractivity contribution < 1.29 is 5.11 Å². The number of aliphatic hydroxyl groups is 1. The summed E-state index contributed by atoms with van der Waals surface area (Å²) in [6, 6.07) is 20.6. The lowest BCUT2D eigenvalue weighted by Crippen LogP contribution is -2.49. The number of aliphatic hydroxyl groups excluding tert-OH is 1. The standard InChI is InChI=1S/C19H23NO/c20-14-19(12-7-13-19)18(21)17(15-8-3-1-4-9-15)16-10-5-2-6-11-16/h1-6,8-11,17-18,21H,7,12-14,20H2. The molecule has 2 aromatic rings. The summed E-state index contributed by atoms with van der Waals surface area (Å²) in [5.74, 6) is -0.00347. The molecule has 110 valence electrons. The van der Waals surface area contributed by atoms with Crippen molar-refractivity contribution in [3.05, 3.63) is 71.8 Å². The van der Waals surface area contributed by atoms with E-state index in [1.54, 1.807) is 0 Å². The lowest BCUT2D eigenvalue weighted by molar-refractivity contribution is -0.0367. The van der Waals surface area contributed by atoms with Gasteiger partial charge in [0.1, 0.15) is 0 Å². The molecule has 0 amide bonds. The molecule has 0 aliphatic heterocycles. The lowest BCUT2D eigenvalue weighted by Gasteiger charge is -2.47. The van der Waals surface area contributed by atoms with Gasteiger partial charge in [0.2, 0.25) is 0 Å². The summed E-state index contributed by atoms with van der Waals surface area (Å²) >= 11 is 0. The van der Waals surface area contributed by atoms with Gasteiger partial charge in [0, 0.05) is 17.9 Å². The third-order valence-corrected chi connectivity index (χ3v) is 5.02. The van der Waals surface area contributed by atoms with E-state index in [0.29, 0.717) is 6.54 Å². The average molecular weight is 281 g/mol. The molecule has 1 aliphatic rings. The fourth-order valence-corrected chi connectivity index (χ4v) is 3.48. The smallest absolute Gasteiger partial charge is 0.0717 e. The molecule has 21 heavy (non-hydrogen) atoms. The molecule has 0 heterocycles. The molecule has 1 unspecified atom stereocenters. The van der Waals surface area contributed by atoms with Crippen LogP contribution in [-0.4, -0.2) is 17.8 Å². The first-order chi connectivity index (χ1) is 10.3. The minimum Gasteiger partial charge on any atom is -0.392 e. The Morgan fingerprint density at radius 1 is 0.905 bits per heavy atom. The van der Waals surface area contributed by atoms with Gasteiger partial charge in [-0.15, -0.1) is 0 Å². The van der Waals surface area contributed by atoms with E-state index in [4.69, 9.17) is 5.73 Å². The average Bonchev–Trinajstić information content (AvgIpc) is 2.49. The summed E-state index contributed by atoms with van der Waals surface area (Å²) in [6.45, 7) is 0.560. The quantitative estimate of drug-likeness (QED) is 0.883. The highest BCUT2D eigenvalue weighted by molar-refractivity contribution is 5.35. The zero-order valence-corrected chi connectivity index (χ0v) is 12.3. The van der Waals surface area contributed by atoms with Crippen molar-refractivity contribution in [2.45, 2.75) is 31.3 Å². The van der Waals surface area contributed by atoms with Gasteiger partial charge >= 0.3 is 0 Å². The van der Waals surface area contributed by atoms with Gasteiger partial charge in [-0.1, -0.05) is 67.1 Å². The number of nitrogens with two attached hydrogens (primary N) is 1. The van der Waals surface area contributed by atoms with Crippen molar-refractivity contribution in [1.82, 2.24) is 0 Å². The summed E-state index contributed by atoms with van der Waals surface area (Å²) in [5.41, 5.74) is 8.21. The van der Waals surface area contributed by atoms with Gasteiger partial charge < -0.3 is 10.8 Å². The second-order valence-corrected chi connectivity index (χ2v) is 6.16. The van der Waals surface area contributed by atoms with Crippen LogP contribution in [0.4, 0.5) is 0 Å². The number of hydrogen-bond donors (Lipinski definition) is 2. The van der Waals surface area contributed by atoms with Crippen LogP contribution in [0.3, 0.4) is 0 Å². The largest absolute Gasteiger partial charge is 0.392 e. The van der Waals surface area contributed by atoms with Gasteiger partial charge in [0.15, 0.2) is 0 Å². The summed E-state index contributed by atoms with van der Waals surface area (Å²) in [6.07, 6.45) is 2.80. The van der Waals surface area contributed by atoms with E-state index >= 15 is 0 Å². The van der Waals surface area contributed by atoms with Crippen LogP contribution in [0.15, 0.2) is 60.7 Å². The second-order valence-electron chi connectivity index (χ2n) is 6.16. The first kappa shape index (κ1) is 14.3. The SMILES string of the molecule is NCC1(C(O)C(c2ccccc2)c2ccccc2)CCC1. The number of hydrogen-bond acceptors (Lipinski definition) is 2. The normalized spacial score (nSPS) is 18.2. The third kappa shape index (κ3) is 2.61. The maximum atomic E-state index is 11.1. The highest BCUT2D eigenvalue weighted by Gasteiger charge is 2.46. The van der Waals surface area contributed by atoms with E-state index in [9.17, 15) is 5.11 Å². The summed E-state index contributed by atoms with van der Waals surface area (Å²) in [5, 5.41) is 11.1. The molecule has 1 atom stereocenters. The van der Waals surface area contributed by atoms with E-state index in [1.807, 2.05) is 36.4 Å². The molecule has 0 spiro atoms. The second kappa shape index (κ2) is 6.00. The fraction of sp³-hybridized carbons (Fsp3) is 0.368. The minimum absolute atomic E-state index is 0.00347. The molecule has 1 aliphatic carbocycles. The van der Waals surface area contributed by atoms with E-state index in [0.717, 1.165) is 24.0 Å². The Hall–Kier alpha value is -1.64. The Balaban J connectivity index is 2.01. The van der Waals surface area contributed by atoms with Crippen molar-refractivity contribution >= 4 is 0 Å². The van der Waals surface area contributed by atoms with Crippen LogP contribution in [0.1, 0.15) is 36.3 Å². The van der Waals surface area contributed by atoms with Gasteiger partial charge in [-0.3, -0.25) is 0 Å². The summed E-state index contributed by atoms with van der Waals surface area (Å²) in [7, 11) is 0. The zero-order valence-electron chi connectivity index (χ0n) is 12.3. The summed E-state index contributed by atoms with van der Waals surface area (Å²) in [4.78, 5) is 0. The van der Waals surface area contributed by atoms with Gasteiger partial charge in [0.05, 0.1) is 6.10 Å². The maximum Gasteiger partial charge on any atom is 0.0717 e. The van der Waals surface area contributed by atoms with Crippen molar-refractivity contribution in [1.29, 1.82) is 0 Å².